The van der Waals surface area contributed by atoms with E-state index in [0.29, 0.717) is 6.54 Å². The van der Waals surface area contributed by atoms with Gasteiger partial charge in [0.15, 0.2) is 5.96 Å². The van der Waals surface area contributed by atoms with Crippen LogP contribution in [0.5, 0.6) is 5.75 Å². The number of thiophene rings is 1. The van der Waals surface area contributed by atoms with Crippen LogP contribution in [0.4, 0.5) is 0 Å². The monoisotopic (exact) mass is 445 g/mol. The van der Waals surface area contributed by atoms with Gasteiger partial charge in [0.2, 0.25) is 0 Å². The van der Waals surface area contributed by atoms with Gasteiger partial charge in [-0.1, -0.05) is 18.2 Å². The zero-order valence-electron chi connectivity index (χ0n) is 13.5. The number of hydrogen-bond donors (Lipinski definition) is 2. The van der Waals surface area contributed by atoms with Crippen LogP contribution >= 0.6 is 35.3 Å². The molecule has 0 radical (unpaired) electrons. The van der Waals surface area contributed by atoms with Crippen molar-refractivity contribution in [3.8, 4) is 5.75 Å². The molecule has 0 saturated heterocycles. The summed E-state index contributed by atoms with van der Waals surface area (Å²) in [7, 11) is 2.05. The second kappa shape index (κ2) is 10.5. The molecule has 6 heteroatoms. The molecule has 0 amide bonds. The molecular formula is C17H24IN3OS. The second-order valence-corrected chi connectivity index (χ2v) is 6.12. The molecule has 1 heterocycles. The van der Waals surface area contributed by atoms with Gasteiger partial charge < -0.3 is 15.3 Å². The number of benzene rings is 1. The number of nitrogens with zero attached hydrogens (tertiary/aromatic N) is 2. The normalized spacial score (nSPS) is 11.0. The van der Waals surface area contributed by atoms with Crippen LogP contribution in [0.15, 0.2) is 46.8 Å². The summed E-state index contributed by atoms with van der Waals surface area (Å²) in [6, 6.07) is 11.5. The van der Waals surface area contributed by atoms with Gasteiger partial charge in [-0.3, -0.25) is 0 Å². The van der Waals surface area contributed by atoms with Crippen molar-refractivity contribution in [3.63, 3.8) is 0 Å². The van der Waals surface area contributed by atoms with Crippen LogP contribution in [-0.4, -0.2) is 36.1 Å². The number of nitrogens with one attached hydrogen (secondary N) is 1. The number of guanidine groups is 1. The first-order valence-electron chi connectivity index (χ1n) is 7.48. The van der Waals surface area contributed by atoms with Crippen LogP contribution < -0.4 is 5.32 Å². The molecule has 4 nitrogen and oxygen atoms in total. The number of aliphatic imine (C=N–C) groups is 1. The summed E-state index contributed by atoms with van der Waals surface area (Å²) < 4.78 is 0. The molecule has 0 saturated carbocycles. The molecule has 0 atom stereocenters. The van der Waals surface area contributed by atoms with E-state index in [0.717, 1.165) is 31.0 Å². The largest absolute Gasteiger partial charge is 0.508 e. The summed E-state index contributed by atoms with van der Waals surface area (Å²) >= 11 is 1.79. The lowest BCUT2D eigenvalue weighted by molar-refractivity contribution is 0.474. The van der Waals surface area contributed by atoms with Gasteiger partial charge >= 0.3 is 0 Å². The Kier molecular flexibility index (Phi) is 9.01. The van der Waals surface area contributed by atoms with Crippen molar-refractivity contribution < 1.29 is 5.11 Å². The molecule has 0 unspecified atom stereocenters. The van der Waals surface area contributed by atoms with Crippen LogP contribution in [-0.2, 0) is 13.0 Å². The van der Waals surface area contributed by atoms with Gasteiger partial charge in [-0.05, 0) is 42.5 Å². The molecular weight excluding hydrogens is 421 g/mol. The highest BCUT2D eigenvalue weighted by atomic mass is 127. The van der Waals surface area contributed by atoms with Crippen molar-refractivity contribution in [2.45, 2.75) is 19.9 Å². The predicted molar refractivity (Wildman–Crippen MR) is 109 cm³/mol. The maximum absolute atomic E-state index is 9.51. The minimum Gasteiger partial charge on any atom is -0.508 e. The van der Waals surface area contributed by atoms with Crippen LogP contribution in [0.1, 0.15) is 17.4 Å². The molecule has 0 aliphatic rings. The lowest BCUT2D eigenvalue weighted by Gasteiger charge is -2.21. The summed E-state index contributed by atoms with van der Waals surface area (Å²) in [5.74, 6) is 1.17. The average Bonchev–Trinajstić information content (AvgIpc) is 3.02. The van der Waals surface area contributed by atoms with E-state index in [2.05, 4.69) is 46.7 Å². The van der Waals surface area contributed by atoms with Crippen molar-refractivity contribution in [1.82, 2.24) is 10.2 Å². The Bertz CT molecular complexity index is 602. The molecule has 0 bridgehead atoms. The van der Waals surface area contributed by atoms with E-state index < -0.39 is 0 Å². The van der Waals surface area contributed by atoms with E-state index >= 15 is 0 Å². The maximum atomic E-state index is 9.51. The van der Waals surface area contributed by atoms with Crippen molar-refractivity contribution in [3.05, 3.63) is 52.2 Å². The highest BCUT2D eigenvalue weighted by Gasteiger charge is 2.06. The number of phenolic OH excluding ortho intramolecular Hbond substituents is 1. The summed E-state index contributed by atoms with van der Waals surface area (Å²) in [5, 5.41) is 14.9. The van der Waals surface area contributed by atoms with Crippen LogP contribution in [0, 0.1) is 0 Å². The highest BCUT2D eigenvalue weighted by Crippen LogP contribution is 2.12. The quantitative estimate of drug-likeness (QED) is 0.405. The molecule has 0 aliphatic carbocycles. The Labute approximate surface area is 159 Å². The Balaban J connectivity index is 0.00000264. The lowest BCUT2D eigenvalue weighted by atomic mass is 10.2. The number of rotatable bonds is 6. The first-order valence-corrected chi connectivity index (χ1v) is 8.36. The molecule has 0 fully saturated rings. The first kappa shape index (κ1) is 19.8. The number of halogens is 1. The van der Waals surface area contributed by atoms with E-state index in [1.54, 1.807) is 23.5 Å². The molecule has 2 N–H and O–H groups in total. The van der Waals surface area contributed by atoms with Gasteiger partial charge in [0.25, 0.3) is 0 Å². The molecule has 2 aromatic rings. The third kappa shape index (κ3) is 6.78. The molecule has 1 aromatic heterocycles. The first-order chi connectivity index (χ1) is 10.7. The zero-order chi connectivity index (χ0) is 15.8. The summed E-state index contributed by atoms with van der Waals surface area (Å²) in [5.41, 5.74) is 1.00. The van der Waals surface area contributed by atoms with E-state index in [-0.39, 0.29) is 29.7 Å². The number of likely N-dealkylation sites (N-methyl/N-ethyl adjacent to an activating group) is 1. The Morgan fingerprint density at radius 2 is 2.13 bits per heavy atom. The molecule has 23 heavy (non-hydrogen) atoms. The van der Waals surface area contributed by atoms with Gasteiger partial charge in [0.1, 0.15) is 5.75 Å². The van der Waals surface area contributed by atoms with Crippen LogP contribution in [0.3, 0.4) is 0 Å². The van der Waals surface area contributed by atoms with Gasteiger partial charge in [0.05, 0.1) is 6.54 Å². The Morgan fingerprint density at radius 1 is 1.30 bits per heavy atom. The van der Waals surface area contributed by atoms with E-state index in [1.807, 2.05) is 12.1 Å². The number of hydrogen-bond acceptors (Lipinski definition) is 3. The van der Waals surface area contributed by atoms with E-state index in [9.17, 15) is 5.11 Å². The topological polar surface area (TPSA) is 47.9 Å². The lowest BCUT2D eigenvalue weighted by Crippen LogP contribution is -2.39. The van der Waals surface area contributed by atoms with Crippen LogP contribution in [0.25, 0.3) is 0 Å². The van der Waals surface area contributed by atoms with Crippen molar-refractivity contribution in [2.24, 2.45) is 4.99 Å². The minimum atomic E-state index is 0. The van der Waals surface area contributed by atoms with Gasteiger partial charge in [-0.25, -0.2) is 4.99 Å². The van der Waals surface area contributed by atoms with Gasteiger partial charge in [0, 0.05) is 25.0 Å². The third-order valence-electron chi connectivity index (χ3n) is 3.29. The smallest absolute Gasteiger partial charge is 0.193 e. The fourth-order valence-corrected chi connectivity index (χ4v) is 2.83. The van der Waals surface area contributed by atoms with E-state index in [1.165, 1.54) is 4.88 Å². The molecule has 0 aliphatic heterocycles. The maximum Gasteiger partial charge on any atom is 0.193 e. The molecule has 1 aromatic carbocycles. The van der Waals surface area contributed by atoms with Crippen molar-refractivity contribution in [2.75, 3.05) is 20.1 Å². The standard InChI is InChI=1S/C17H23N3OS.HI/c1-3-18-17(19-13-14-6-4-7-15(21)12-14)20(2)10-9-16-8-5-11-22-16;/h4-8,11-12,21H,3,9-10,13H2,1-2H3,(H,18,19);1H. The molecule has 126 valence electrons. The second-order valence-electron chi connectivity index (χ2n) is 5.09. The minimum absolute atomic E-state index is 0. The van der Waals surface area contributed by atoms with Crippen molar-refractivity contribution in [1.29, 1.82) is 0 Å². The number of aromatic hydroxyl groups is 1. The van der Waals surface area contributed by atoms with Gasteiger partial charge in [-0.15, -0.1) is 35.3 Å². The zero-order valence-corrected chi connectivity index (χ0v) is 16.7. The van der Waals surface area contributed by atoms with Gasteiger partial charge in [-0.2, -0.15) is 0 Å². The fraction of sp³-hybridized carbons (Fsp3) is 0.353. The summed E-state index contributed by atoms with van der Waals surface area (Å²) in [4.78, 5) is 8.18. The Hall–Kier alpha value is -1.28. The molecule has 0 spiro atoms. The molecule has 2 rings (SSSR count). The average molecular weight is 445 g/mol. The van der Waals surface area contributed by atoms with E-state index in [4.69, 9.17) is 0 Å². The summed E-state index contributed by atoms with van der Waals surface area (Å²) in [6.45, 7) is 4.38. The summed E-state index contributed by atoms with van der Waals surface area (Å²) in [6.07, 6.45) is 1.02. The third-order valence-corrected chi connectivity index (χ3v) is 4.23. The van der Waals surface area contributed by atoms with Crippen molar-refractivity contribution >= 4 is 41.3 Å². The van der Waals surface area contributed by atoms with Crippen LogP contribution in [0.2, 0.25) is 0 Å². The predicted octanol–water partition coefficient (Wildman–Crippen LogP) is 3.71. The SMILES string of the molecule is CCNC(=NCc1cccc(O)c1)N(C)CCc1cccs1.I. The fourth-order valence-electron chi connectivity index (χ4n) is 2.13. The Morgan fingerprint density at radius 3 is 2.78 bits per heavy atom. The highest BCUT2D eigenvalue weighted by molar-refractivity contribution is 14.0. The number of phenols is 1.